The summed E-state index contributed by atoms with van der Waals surface area (Å²) in [5.74, 6) is -0.186. The molecule has 1 aromatic rings. The van der Waals surface area contributed by atoms with Crippen LogP contribution in [0.5, 0.6) is 0 Å². The first-order valence-electron chi connectivity index (χ1n) is 8.74. The van der Waals surface area contributed by atoms with E-state index in [-0.39, 0.29) is 29.8 Å². The maximum atomic E-state index is 12.5. The fourth-order valence-electron chi connectivity index (χ4n) is 3.32. The predicted octanol–water partition coefficient (Wildman–Crippen LogP) is 1.62. The predicted molar refractivity (Wildman–Crippen MR) is 98.2 cm³/mol. The highest BCUT2D eigenvalue weighted by Gasteiger charge is 2.47. The standard InChI is InChI=1S/C17H24N4O4S/c1-13(2)11-26(23,24)21-8-4-6-17(12-21)9-15(20-25-17)16(22)19-14-5-3-7-18-10-14/h3,5,7,10,13H,4,6,8-9,11-12H2,1-2H3,(H,19,22)/t17-/m0/s1. The molecule has 1 amide bonds. The molecule has 1 N–H and O–H groups in total. The van der Waals surface area contributed by atoms with Gasteiger partial charge in [-0.3, -0.25) is 9.78 Å². The number of sulfonamides is 1. The van der Waals surface area contributed by atoms with Crippen LogP contribution in [-0.2, 0) is 19.7 Å². The van der Waals surface area contributed by atoms with Crippen molar-refractivity contribution in [2.45, 2.75) is 38.7 Å². The van der Waals surface area contributed by atoms with Crippen molar-refractivity contribution in [2.24, 2.45) is 11.1 Å². The van der Waals surface area contributed by atoms with E-state index >= 15 is 0 Å². The topological polar surface area (TPSA) is 101 Å². The molecular weight excluding hydrogens is 356 g/mol. The Kier molecular flexibility index (Phi) is 5.29. The van der Waals surface area contributed by atoms with E-state index in [9.17, 15) is 13.2 Å². The molecule has 0 aliphatic carbocycles. The lowest BCUT2D eigenvalue weighted by molar-refractivity contribution is -0.110. The second-order valence-electron chi connectivity index (χ2n) is 7.29. The summed E-state index contributed by atoms with van der Waals surface area (Å²) in [4.78, 5) is 21.9. The summed E-state index contributed by atoms with van der Waals surface area (Å²) >= 11 is 0. The Morgan fingerprint density at radius 3 is 2.96 bits per heavy atom. The molecule has 1 atom stereocenters. The Hall–Kier alpha value is -2.00. The second kappa shape index (κ2) is 7.32. The van der Waals surface area contributed by atoms with Crippen LogP contribution in [0.4, 0.5) is 5.69 Å². The van der Waals surface area contributed by atoms with Crippen molar-refractivity contribution in [2.75, 3.05) is 24.2 Å². The molecule has 0 saturated carbocycles. The van der Waals surface area contributed by atoms with Gasteiger partial charge in [0.2, 0.25) is 10.0 Å². The summed E-state index contributed by atoms with van der Waals surface area (Å²) in [5, 5.41) is 6.68. The molecule has 1 saturated heterocycles. The number of nitrogens with zero attached hydrogens (tertiary/aromatic N) is 3. The van der Waals surface area contributed by atoms with Crippen molar-refractivity contribution < 1.29 is 18.0 Å². The molecule has 2 aliphatic rings. The summed E-state index contributed by atoms with van der Waals surface area (Å²) in [6.07, 6.45) is 4.82. The largest absolute Gasteiger partial charge is 0.387 e. The highest BCUT2D eigenvalue weighted by molar-refractivity contribution is 7.89. The van der Waals surface area contributed by atoms with Crippen LogP contribution in [0.1, 0.15) is 33.1 Å². The highest BCUT2D eigenvalue weighted by Crippen LogP contribution is 2.35. The smallest absolute Gasteiger partial charge is 0.273 e. The van der Waals surface area contributed by atoms with Crippen molar-refractivity contribution >= 4 is 27.3 Å². The van der Waals surface area contributed by atoms with E-state index in [0.29, 0.717) is 31.5 Å². The first kappa shape index (κ1) is 18.8. The lowest BCUT2D eigenvalue weighted by Crippen LogP contribution is -2.51. The molecule has 142 valence electrons. The fourth-order valence-corrected chi connectivity index (χ4v) is 5.22. The Morgan fingerprint density at radius 2 is 2.27 bits per heavy atom. The summed E-state index contributed by atoms with van der Waals surface area (Å²) in [6, 6.07) is 3.46. The lowest BCUT2D eigenvalue weighted by Gasteiger charge is -2.37. The second-order valence-corrected chi connectivity index (χ2v) is 9.31. The molecule has 2 aliphatic heterocycles. The Morgan fingerprint density at radius 1 is 1.46 bits per heavy atom. The fraction of sp³-hybridized carbons (Fsp3) is 0.588. The molecule has 9 heteroatoms. The van der Waals surface area contributed by atoms with E-state index in [1.807, 2.05) is 13.8 Å². The number of aromatic nitrogens is 1. The maximum Gasteiger partial charge on any atom is 0.273 e. The van der Waals surface area contributed by atoms with Crippen LogP contribution in [-0.4, -0.2) is 53.8 Å². The number of nitrogens with one attached hydrogen (secondary N) is 1. The average Bonchev–Trinajstić information content (AvgIpc) is 2.98. The van der Waals surface area contributed by atoms with Crippen LogP contribution in [0.2, 0.25) is 0 Å². The van der Waals surface area contributed by atoms with Crippen LogP contribution in [0.15, 0.2) is 29.7 Å². The first-order valence-corrected chi connectivity index (χ1v) is 10.3. The van der Waals surface area contributed by atoms with Gasteiger partial charge in [-0.05, 0) is 30.9 Å². The van der Waals surface area contributed by atoms with Gasteiger partial charge in [0.25, 0.3) is 5.91 Å². The number of hydrogen-bond donors (Lipinski definition) is 1. The third-order valence-corrected chi connectivity index (χ3v) is 6.65. The minimum absolute atomic E-state index is 0.0550. The van der Waals surface area contributed by atoms with Crippen LogP contribution >= 0.6 is 0 Å². The Bertz CT molecular complexity index is 794. The van der Waals surface area contributed by atoms with Crippen LogP contribution in [0.3, 0.4) is 0 Å². The lowest BCUT2D eigenvalue weighted by atomic mass is 9.89. The average molecular weight is 380 g/mol. The molecular formula is C17H24N4O4S. The van der Waals surface area contributed by atoms with Gasteiger partial charge in [0.05, 0.1) is 24.2 Å². The number of amides is 1. The molecule has 3 rings (SSSR count). The van der Waals surface area contributed by atoms with Gasteiger partial charge in [0.15, 0.2) is 5.60 Å². The van der Waals surface area contributed by atoms with Gasteiger partial charge in [-0.1, -0.05) is 19.0 Å². The SMILES string of the molecule is CC(C)CS(=O)(=O)N1CCC[C@]2(CC(C(=O)Nc3cccnc3)=NO2)C1. The number of hydrogen-bond acceptors (Lipinski definition) is 6. The molecule has 3 heterocycles. The summed E-state index contributed by atoms with van der Waals surface area (Å²) in [7, 11) is -3.34. The van der Waals surface area contributed by atoms with Gasteiger partial charge >= 0.3 is 0 Å². The van der Waals surface area contributed by atoms with Crippen LogP contribution in [0, 0.1) is 5.92 Å². The Balaban J connectivity index is 1.65. The van der Waals surface area contributed by atoms with Gasteiger partial charge in [0, 0.05) is 19.2 Å². The molecule has 0 radical (unpaired) electrons. The zero-order valence-electron chi connectivity index (χ0n) is 15.0. The number of rotatable bonds is 5. The van der Waals surface area contributed by atoms with Gasteiger partial charge < -0.3 is 10.2 Å². The number of oxime groups is 1. The van der Waals surface area contributed by atoms with E-state index in [2.05, 4.69) is 15.5 Å². The monoisotopic (exact) mass is 380 g/mol. The summed E-state index contributed by atoms with van der Waals surface area (Å²) in [6.45, 7) is 4.48. The van der Waals surface area contributed by atoms with Crippen molar-refractivity contribution in [1.82, 2.24) is 9.29 Å². The van der Waals surface area contributed by atoms with E-state index < -0.39 is 15.6 Å². The molecule has 0 aromatic carbocycles. The Labute approximate surface area is 153 Å². The van der Waals surface area contributed by atoms with Crippen LogP contribution in [0.25, 0.3) is 0 Å². The normalized spacial score (nSPS) is 23.7. The van der Waals surface area contributed by atoms with E-state index in [1.54, 1.807) is 24.5 Å². The van der Waals surface area contributed by atoms with E-state index in [4.69, 9.17) is 4.84 Å². The number of carbonyl (C=O) groups excluding carboxylic acids is 1. The molecule has 26 heavy (non-hydrogen) atoms. The number of carbonyl (C=O) groups is 1. The maximum absolute atomic E-state index is 12.5. The van der Waals surface area contributed by atoms with E-state index in [0.717, 1.165) is 0 Å². The zero-order chi connectivity index (χ0) is 18.8. The molecule has 1 spiro atoms. The number of piperidine rings is 1. The molecule has 0 unspecified atom stereocenters. The minimum Gasteiger partial charge on any atom is -0.387 e. The van der Waals surface area contributed by atoms with Gasteiger partial charge in [-0.25, -0.2) is 8.42 Å². The molecule has 0 bridgehead atoms. The first-order chi connectivity index (χ1) is 12.3. The number of pyridine rings is 1. The van der Waals surface area contributed by atoms with Crippen molar-refractivity contribution in [3.05, 3.63) is 24.5 Å². The third kappa shape index (κ3) is 4.21. The van der Waals surface area contributed by atoms with Crippen molar-refractivity contribution in [3.8, 4) is 0 Å². The van der Waals surface area contributed by atoms with Crippen molar-refractivity contribution in [1.29, 1.82) is 0 Å². The molecule has 1 fully saturated rings. The highest BCUT2D eigenvalue weighted by atomic mass is 32.2. The summed E-state index contributed by atoms with van der Waals surface area (Å²) in [5.41, 5.74) is 0.104. The minimum atomic E-state index is -3.34. The van der Waals surface area contributed by atoms with E-state index in [1.165, 1.54) is 4.31 Å². The van der Waals surface area contributed by atoms with Crippen LogP contribution < -0.4 is 5.32 Å². The zero-order valence-corrected chi connectivity index (χ0v) is 15.8. The third-order valence-electron chi connectivity index (χ3n) is 4.46. The van der Waals surface area contributed by atoms with Gasteiger partial charge in [-0.2, -0.15) is 4.31 Å². The quantitative estimate of drug-likeness (QED) is 0.836. The molecule has 1 aromatic heterocycles. The van der Waals surface area contributed by atoms with Gasteiger partial charge in [0.1, 0.15) is 5.71 Å². The summed E-state index contributed by atoms with van der Waals surface area (Å²) < 4.78 is 26.6. The number of anilines is 1. The van der Waals surface area contributed by atoms with Crippen molar-refractivity contribution in [3.63, 3.8) is 0 Å². The molecule has 8 nitrogen and oxygen atoms in total. The van der Waals surface area contributed by atoms with Gasteiger partial charge in [-0.15, -0.1) is 0 Å².